The molecule has 0 saturated heterocycles. The summed E-state index contributed by atoms with van der Waals surface area (Å²) in [6.45, 7) is 2.86. The van der Waals surface area contributed by atoms with Crippen LogP contribution in [0.25, 0.3) is 0 Å². The van der Waals surface area contributed by atoms with Gasteiger partial charge in [-0.2, -0.15) is 0 Å². The molecule has 1 atom stereocenters. The first-order valence-electron chi connectivity index (χ1n) is 5.93. The minimum Gasteiger partial charge on any atom is -0.479 e. The molecule has 0 radical (unpaired) electrons. The highest BCUT2D eigenvalue weighted by Gasteiger charge is 2.15. The van der Waals surface area contributed by atoms with E-state index < -0.39 is 6.10 Å². The number of benzene rings is 1. The van der Waals surface area contributed by atoms with Crippen LogP contribution in [0, 0.1) is 0 Å². The molecule has 0 heterocycles. The average molecular weight is 351 g/mol. The average Bonchev–Trinajstić information content (AvgIpc) is 2.38. The normalized spacial score (nSPS) is 12.0. The third-order valence-corrected chi connectivity index (χ3v) is 3.20. The zero-order valence-corrected chi connectivity index (χ0v) is 13.3. The maximum Gasteiger partial charge on any atom is 0.260 e. The van der Waals surface area contributed by atoms with Gasteiger partial charge in [0, 0.05) is 24.7 Å². The lowest BCUT2D eigenvalue weighted by Gasteiger charge is -2.15. The number of amides is 1. The Morgan fingerprint density at radius 3 is 2.95 bits per heavy atom. The predicted molar refractivity (Wildman–Crippen MR) is 78.7 cm³/mol. The van der Waals surface area contributed by atoms with Gasteiger partial charge in [0.1, 0.15) is 5.75 Å². The van der Waals surface area contributed by atoms with Crippen molar-refractivity contribution in [2.24, 2.45) is 0 Å². The van der Waals surface area contributed by atoms with E-state index in [1.54, 1.807) is 26.2 Å². The first-order chi connectivity index (χ1) is 9.04. The van der Waals surface area contributed by atoms with E-state index in [4.69, 9.17) is 21.1 Å². The Hall–Kier alpha value is -0.780. The molecule has 0 saturated carbocycles. The van der Waals surface area contributed by atoms with Crippen molar-refractivity contribution in [2.75, 3.05) is 20.3 Å². The van der Waals surface area contributed by atoms with Crippen molar-refractivity contribution in [2.45, 2.75) is 19.4 Å². The standard InChI is InChI=1S/C13H17BrClNO3/c1-9(13(17)16-6-3-7-18-2)19-12-8-10(14)4-5-11(12)15/h4-5,8-9H,3,6-7H2,1-2H3,(H,16,17). The van der Waals surface area contributed by atoms with Gasteiger partial charge >= 0.3 is 0 Å². The Bertz CT molecular complexity index is 428. The fraction of sp³-hybridized carbons (Fsp3) is 0.462. The summed E-state index contributed by atoms with van der Waals surface area (Å²) in [7, 11) is 1.63. The van der Waals surface area contributed by atoms with Crippen molar-refractivity contribution >= 4 is 33.4 Å². The number of carbonyl (C=O) groups is 1. The molecule has 1 amide bonds. The zero-order valence-electron chi connectivity index (χ0n) is 10.9. The van der Waals surface area contributed by atoms with Crippen LogP contribution < -0.4 is 10.1 Å². The SMILES string of the molecule is COCCCNC(=O)C(C)Oc1cc(Br)ccc1Cl. The van der Waals surface area contributed by atoms with Gasteiger partial charge in [0.15, 0.2) is 6.10 Å². The number of carbonyl (C=O) groups excluding carboxylic acids is 1. The number of hydrogen-bond acceptors (Lipinski definition) is 3. The summed E-state index contributed by atoms with van der Waals surface area (Å²) in [5.74, 6) is 0.308. The van der Waals surface area contributed by atoms with E-state index in [-0.39, 0.29) is 5.91 Å². The van der Waals surface area contributed by atoms with E-state index in [2.05, 4.69) is 21.2 Å². The quantitative estimate of drug-likeness (QED) is 0.769. The summed E-state index contributed by atoms with van der Waals surface area (Å²) >= 11 is 9.33. The third-order valence-electron chi connectivity index (χ3n) is 2.39. The zero-order chi connectivity index (χ0) is 14.3. The van der Waals surface area contributed by atoms with E-state index >= 15 is 0 Å². The molecule has 0 aromatic heterocycles. The Morgan fingerprint density at radius 2 is 2.26 bits per heavy atom. The third kappa shape index (κ3) is 5.80. The lowest BCUT2D eigenvalue weighted by molar-refractivity contribution is -0.127. The van der Waals surface area contributed by atoms with Crippen LogP contribution in [0.3, 0.4) is 0 Å². The number of ether oxygens (including phenoxy) is 2. The van der Waals surface area contributed by atoms with Crippen molar-refractivity contribution in [1.82, 2.24) is 5.32 Å². The predicted octanol–water partition coefficient (Wildman–Crippen LogP) is 3.02. The van der Waals surface area contributed by atoms with Gasteiger partial charge in [0.05, 0.1) is 5.02 Å². The summed E-state index contributed by atoms with van der Waals surface area (Å²) in [5, 5.41) is 3.25. The molecule has 1 rings (SSSR count). The lowest BCUT2D eigenvalue weighted by Crippen LogP contribution is -2.37. The second-order valence-electron chi connectivity index (χ2n) is 3.97. The Labute approximate surface area is 126 Å². The first-order valence-corrected chi connectivity index (χ1v) is 7.10. The molecule has 1 aromatic rings. The smallest absolute Gasteiger partial charge is 0.260 e. The molecule has 0 fully saturated rings. The fourth-order valence-electron chi connectivity index (χ4n) is 1.38. The van der Waals surface area contributed by atoms with Crippen LogP contribution >= 0.6 is 27.5 Å². The number of hydrogen-bond donors (Lipinski definition) is 1. The molecule has 1 unspecified atom stereocenters. The molecule has 4 nitrogen and oxygen atoms in total. The molecule has 0 bridgehead atoms. The summed E-state index contributed by atoms with van der Waals surface area (Å²) in [6.07, 6.45) is 0.168. The molecular formula is C13H17BrClNO3. The molecule has 1 N–H and O–H groups in total. The highest BCUT2D eigenvalue weighted by atomic mass is 79.9. The monoisotopic (exact) mass is 349 g/mol. The summed E-state index contributed by atoms with van der Waals surface area (Å²) in [5.41, 5.74) is 0. The van der Waals surface area contributed by atoms with Gasteiger partial charge in [-0.25, -0.2) is 0 Å². The van der Waals surface area contributed by atoms with E-state index in [9.17, 15) is 4.79 Å². The summed E-state index contributed by atoms with van der Waals surface area (Å²) in [4.78, 5) is 11.8. The molecule has 0 spiro atoms. The van der Waals surface area contributed by atoms with Crippen LogP contribution in [0.1, 0.15) is 13.3 Å². The molecule has 1 aromatic carbocycles. The second-order valence-corrected chi connectivity index (χ2v) is 5.30. The minimum absolute atomic E-state index is 0.174. The van der Waals surface area contributed by atoms with Crippen molar-refractivity contribution in [3.8, 4) is 5.75 Å². The van der Waals surface area contributed by atoms with Gasteiger partial charge in [-0.15, -0.1) is 0 Å². The molecule has 0 aliphatic heterocycles. The fourth-order valence-corrected chi connectivity index (χ4v) is 1.89. The Morgan fingerprint density at radius 1 is 1.53 bits per heavy atom. The van der Waals surface area contributed by atoms with Crippen molar-refractivity contribution in [1.29, 1.82) is 0 Å². The molecule has 0 aliphatic carbocycles. The second kappa shape index (κ2) is 8.40. The van der Waals surface area contributed by atoms with Crippen LogP contribution in [0.15, 0.2) is 22.7 Å². The molecule has 0 aliphatic rings. The van der Waals surface area contributed by atoms with Crippen LogP contribution in [0.5, 0.6) is 5.75 Å². The van der Waals surface area contributed by atoms with E-state index in [1.165, 1.54) is 0 Å². The first kappa shape index (κ1) is 16.3. The van der Waals surface area contributed by atoms with Gasteiger partial charge in [-0.3, -0.25) is 4.79 Å². The van der Waals surface area contributed by atoms with Gasteiger partial charge in [-0.05, 0) is 31.5 Å². The molecule has 6 heteroatoms. The van der Waals surface area contributed by atoms with Crippen LogP contribution in [0.4, 0.5) is 0 Å². The maximum absolute atomic E-state index is 11.8. The van der Waals surface area contributed by atoms with Crippen LogP contribution in [0.2, 0.25) is 5.02 Å². The van der Waals surface area contributed by atoms with Gasteiger partial charge in [0.25, 0.3) is 5.91 Å². The van der Waals surface area contributed by atoms with Crippen LogP contribution in [-0.4, -0.2) is 32.3 Å². The van der Waals surface area contributed by atoms with Crippen molar-refractivity contribution < 1.29 is 14.3 Å². The highest BCUT2D eigenvalue weighted by Crippen LogP contribution is 2.28. The van der Waals surface area contributed by atoms with Gasteiger partial charge in [-0.1, -0.05) is 27.5 Å². The topological polar surface area (TPSA) is 47.6 Å². The molecule has 19 heavy (non-hydrogen) atoms. The highest BCUT2D eigenvalue weighted by molar-refractivity contribution is 9.10. The van der Waals surface area contributed by atoms with Crippen LogP contribution in [-0.2, 0) is 9.53 Å². The summed E-state index contributed by atoms with van der Waals surface area (Å²) in [6, 6.07) is 5.26. The molecular weight excluding hydrogens is 334 g/mol. The van der Waals surface area contributed by atoms with Crippen molar-refractivity contribution in [3.05, 3.63) is 27.7 Å². The van der Waals surface area contributed by atoms with E-state index in [0.29, 0.717) is 23.9 Å². The van der Waals surface area contributed by atoms with E-state index in [0.717, 1.165) is 10.9 Å². The number of halogens is 2. The largest absolute Gasteiger partial charge is 0.479 e. The van der Waals surface area contributed by atoms with Crippen molar-refractivity contribution in [3.63, 3.8) is 0 Å². The number of rotatable bonds is 7. The van der Waals surface area contributed by atoms with Gasteiger partial charge in [0.2, 0.25) is 0 Å². The summed E-state index contributed by atoms with van der Waals surface area (Å²) < 4.78 is 11.3. The number of nitrogens with one attached hydrogen (secondary N) is 1. The van der Waals surface area contributed by atoms with Gasteiger partial charge < -0.3 is 14.8 Å². The Kier molecular flexibility index (Phi) is 7.20. The minimum atomic E-state index is -0.602. The Balaban J connectivity index is 2.47. The lowest BCUT2D eigenvalue weighted by atomic mass is 10.3. The number of methoxy groups -OCH3 is 1. The maximum atomic E-state index is 11.8. The molecule has 106 valence electrons. The van der Waals surface area contributed by atoms with E-state index in [1.807, 2.05) is 6.07 Å².